The Labute approximate surface area is 81.4 Å². The van der Waals surface area contributed by atoms with Gasteiger partial charge in [-0.1, -0.05) is 15.9 Å². The van der Waals surface area contributed by atoms with Crippen LogP contribution >= 0.6 is 15.9 Å². The van der Waals surface area contributed by atoms with Crippen molar-refractivity contribution in [1.29, 1.82) is 0 Å². The molecule has 68 valence electrons. The average molecular weight is 232 g/mol. The minimum absolute atomic E-state index is 0.0925. The van der Waals surface area contributed by atoms with Crippen LogP contribution < -0.4 is 0 Å². The summed E-state index contributed by atoms with van der Waals surface area (Å²) >= 11 is 3.40. The van der Waals surface area contributed by atoms with Gasteiger partial charge in [-0.15, -0.1) is 0 Å². The van der Waals surface area contributed by atoms with Gasteiger partial charge in [-0.05, 0) is 32.6 Å². The maximum atomic E-state index is 11.6. The second-order valence-electron chi connectivity index (χ2n) is 4.10. The molecule has 12 heavy (non-hydrogen) atoms. The molecule has 0 aromatic heterocycles. The highest BCUT2D eigenvalue weighted by Gasteiger charge is 2.44. The maximum absolute atomic E-state index is 11.6. The molecule has 0 radical (unpaired) electrons. The summed E-state index contributed by atoms with van der Waals surface area (Å²) in [5.41, 5.74) is 0.208. The molecule has 0 aromatic rings. The van der Waals surface area contributed by atoms with Crippen LogP contribution in [0.1, 0.15) is 32.6 Å². The first kappa shape index (κ1) is 8.54. The number of amides is 1. The van der Waals surface area contributed by atoms with Gasteiger partial charge in [0.05, 0.1) is 4.83 Å². The minimum atomic E-state index is 0.0925. The highest BCUT2D eigenvalue weighted by atomic mass is 79.9. The van der Waals surface area contributed by atoms with E-state index in [4.69, 9.17) is 0 Å². The van der Waals surface area contributed by atoms with Crippen molar-refractivity contribution in [3.05, 3.63) is 0 Å². The molecule has 0 spiro atoms. The predicted molar refractivity (Wildman–Crippen MR) is 51.3 cm³/mol. The number of carbonyl (C=O) groups is 1. The highest BCUT2D eigenvalue weighted by Crippen LogP contribution is 2.40. The van der Waals surface area contributed by atoms with Crippen molar-refractivity contribution in [2.24, 2.45) is 0 Å². The summed E-state index contributed by atoms with van der Waals surface area (Å²) < 4.78 is 0. The van der Waals surface area contributed by atoms with Crippen molar-refractivity contribution in [1.82, 2.24) is 4.90 Å². The van der Waals surface area contributed by atoms with Gasteiger partial charge in [0.25, 0.3) is 0 Å². The number of hydrogen-bond donors (Lipinski definition) is 0. The summed E-state index contributed by atoms with van der Waals surface area (Å²) in [7, 11) is 0. The topological polar surface area (TPSA) is 20.3 Å². The standard InChI is InChI=1S/C9H14BrNO/c1-9(4-2-5-9)11-6-3-7(10)8(11)12/h7H,2-6H2,1H3. The Morgan fingerprint density at radius 3 is 2.58 bits per heavy atom. The molecule has 2 nitrogen and oxygen atoms in total. The summed E-state index contributed by atoms with van der Waals surface area (Å²) in [4.78, 5) is 13.8. The van der Waals surface area contributed by atoms with Crippen LogP contribution in [-0.2, 0) is 4.79 Å². The lowest BCUT2D eigenvalue weighted by Crippen LogP contribution is -2.52. The van der Waals surface area contributed by atoms with E-state index in [1.807, 2.05) is 0 Å². The lowest BCUT2D eigenvalue weighted by molar-refractivity contribution is -0.135. The normalized spacial score (nSPS) is 33.7. The van der Waals surface area contributed by atoms with Gasteiger partial charge >= 0.3 is 0 Å². The van der Waals surface area contributed by atoms with Gasteiger partial charge in [0.1, 0.15) is 0 Å². The van der Waals surface area contributed by atoms with Crippen molar-refractivity contribution < 1.29 is 4.79 Å². The summed E-state index contributed by atoms with van der Waals surface area (Å²) in [5.74, 6) is 0.303. The molecule has 2 aliphatic rings. The number of alkyl halides is 1. The van der Waals surface area contributed by atoms with Crippen LogP contribution in [0.15, 0.2) is 0 Å². The maximum Gasteiger partial charge on any atom is 0.236 e. The lowest BCUT2D eigenvalue weighted by atomic mass is 9.77. The molecular formula is C9H14BrNO. The summed E-state index contributed by atoms with van der Waals surface area (Å²) in [6.07, 6.45) is 4.65. The number of rotatable bonds is 1. The summed E-state index contributed by atoms with van der Waals surface area (Å²) in [5, 5.41) is 0. The lowest BCUT2D eigenvalue weighted by Gasteiger charge is -2.46. The van der Waals surface area contributed by atoms with E-state index in [1.54, 1.807) is 0 Å². The third-order valence-electron chi connectivity index (χ3n) is 3.22. The number of likely N-dealkylation sites (tertiary alicyclic amines) is 1. The van der Waals surface area contributed by atoms with Gasteiger partial charge < -0.3 is 4.90 Å². The second-order valence-corrected chi connectivity index (χ2v) is 5.20. The Hall–Kier alpha value is -0.0500. The molecule has 1 heterocycles. The first-order valence-corrected chi connectivity index (χ1v) is 5.51. The molecule has 1 aliphatic carbocycles. The number of hydrogen-bond acceptors (Lipinski definition) is 1. The zero-order chi connectivity index (χ0) is 8.77. The molecule has 1 aliphatic heterocycles. The Bertz CT molecular complexity index is 213. The molecule has 0 aromatic carbocycles. The fraction of sp³-hybridized carbons (Fsp3) is 0.889. The number of halogens is 1. The van der Waals surface area contributed by atoms with E-state index >= 15 is 0 Å². The van der Waals surface area contributed by atoms with Crippen molar-refractivity contribution in [2.75, 3.05) is 6.54 Å². The molecule has 1 saturated heterocycles. The molecule has 1 saturated carbocycles. The predicted octanol–water partition coefficient (Wildman–Crippen LogP) is 1.92. The number of carbonyl (C=O) groups excluding carboxylic acids is 1. The largest absolute Gasteiger partial charge is 0.336 e. The van der Waals surface area contributed by atoms with Gasteiger partial charge in [-0.25, -0.2) is 0 Å². The van der Waals surface area contributed by atoms with Crippen LogP contribution in [0, 0.1) is 0 Å². The van der Waals surface area contributed by atoms with E-state index in [0.717, 1.165) is 13.0 Å². The van der Waals surface area contributed by atoms with Crippen LogP contribution in [-0.4, -0.2) is 27.7 Å². The summed E-state index contributed by atoms with van der Waals surface area (Å²) in [6.45, 7) is 3.16. The monoisotopic (exact) mass is 231 g/mol. The van der Waals surface area contributed by atoms with Gasteiger partial charge in [0, 0.05) is 12.1 Å². The molecule has 2 rings (SSSR count). The smallest absolute Gasteiger partial charge is 0.236 e. The van der Waals surface area contributed by atoms with Gasteiger partial charge in [0.15, 0.2) is 0 Å². The Kier molecular flexibility index (Phi) is 1.94. The number of nitrogens with zero attached hydrogens (tertiary/aromatic N) is 1. The highest BCUT2D eigenvalue weighted by molar-refractivity contribution is 9.10. The second kappa shape index (κ2) is 2.72. The molecule has 1 unspecified atom stereocenters. The summed E-state index contributed by atoms with van der Waals surface area (Å²) in [6, 6.07) is 0. The van der Waals surface area contributed by atoms with E-state index in [9.17, 15) is 4.79 Å². The Balaban J connectivity index is 2.09. The van der Waals surface area contributed by atoms with Crippen molar-refractivity contribution in [3.8, 4) is 0 Å². The molecule has 0 bridgehead atoms. The van der Waals surface area contributed by atoms with E-state index in [0.29, 0.717) is 5.91 Å². The van der Waals surface area contributed by atoms with Gasteiger partial charge in [0.2, 0.25) is 5.91 Å². The van der Waals surface area contributed by atoms with E-state index in [2.05, 4.69) is 27.8 Å². The molecule has 1 atom stereocenters. The van der Waals surface area contributed by atoms with Crippen molar-refractivity contribution in [2.45, 2.75) is 43.0 Å². The third-order valence-corrected chi connectivity index (χ3v) is 4.07. The molecule has 1 amide bonds. The van der Waals surface area contributed by atoms with Crippen LogP contribution in [0.4, 0.5) is 0 Å². The van der Waals surface area contributed by atoms with E-state index in [1.165, 1.54) is 19.3 Å². The molecule has 2 fully saturated rings. The molecule has 3 heteroatoms. The quantitative estimate of drug-likeness (QED) is 0.632. The minimum Gasteiger partial charge on any atom is -0.336 e. The Morgan fingerprint density at radius 2 is 2.25 bits per heavy atom. The first-order valence-electron chi connectivity index (χ1n) is 4.59. The van der Waals surface area contributed by atoms with E-state index in [-0.39, 0.29) is 10.4 Å². The fourth-order valence-corrected chi connectivity index (χ4v) is 2.59. The molecule has 0 N–H and O–H groups in total. The zero-order valence-electron chi connectivity index (χ0n) is 7.35. The van der Waals surface area contributed by atoms with Crippen LogP contribution in [0.3, 0.4) is 0 Å². The van der Waals surface area contributed by atoms with Gasteiger partial charge in [-0.3, -0.25) is 4.79 Å². The van der Waals surface area contributed by atoms with Crippen LogP contribution in [0.25, 0.3) is 0 Å². The van der Waals surface area contributed by atoms with Crippen LogP contribution in [0.5, 0.6) is 0 Å². The van der Waals surface area contributed by atoms with Crippen molar-refractivity contribution in [3.63, 3.8) is 0 Å². The SMILES string of the molecule is CC1(N2CCC(Br)C2=O)CCC1. The van der Waals surface area contributed by atoms with Crippen molar-refractivity contribution >= 4 is 21.8 Å². The van der Waals surface area contributed by atoms with E-state index < -0.39 is 0 Å². The zero-order valence-corrected chi connectivity index (χ0v) is 8.93. The fourth-order valence-electron chi connectivity index (χ4n) is 2.14. The first-order chi connectivity index (χ1) is 5.63. The molecular weight excluding hydrogens is 218 g/mol. The van der Waals surface area contributed by atoms with Crippen LogP contribution in [0.2, 0.25) is 0 Å². The third kappa shape index (κ3) is 1.10. The Morgan fingerprint density at radius 1 is 1.58 bits per heavy atom. The average Bonchev–Trinajstić information content (AvgIpc) is 2.29. The van der Waals surface area contributed by atoms with Gasteiger partial charge in [-0.2, -0.15) is 0 Å².